The van der Waals surface area contributed by atoms with E-state index in [0.717, 1.165) is 44.0 Å². The number of amides is 1. The molecule has 0 radical (unpaired) electrons. The fraction of sp³-hybridized carbons (Fsp3) is 0.231. The number of hydrogen-bond acceptors (Lipinski definition) is 7. The first kappa shape index (κ1) is 22.8. The molecule has 1 aliphatic heterocycles. The number of piperazine rings is 1. The Balaban J connectivity index is 1.50. The number of anilines is 2. The Hall–Kier alpha value is -4.40. The van der Waals surface area contributed by atoms with Crippen molar-refractivity contribution in [1.29, 1.82) is 10.5 Å². The van der Waals surface area contributed by atoms with Crippen LogP contribution in [0.1, 0.15) is 27.0 Å². The van der Waals surface area contributed by atoms with Gasteiger partial charge < -0.3 is 15.0 Å². The lowest BCUT2D eigenvalue weighted by molar-refractivity contribution is 0.102. The van der Waals surface area contributed by atoms with Gasteiger partial charge in [0.1, 0.15) is 5.56 Å². The third kappa shape index (κ3) is 4.98. The number of carbonyl (C=O) groups is 1. The molecule has 0 spiro atoms. The minimum atomic E-state index is -0.354. The van der Waals surface area contributed by atoms with E-state index in [1.807, 2.05) is 30.3 Å². The van der Waals surface area contributed by atoms with Crippen LogP contribution >= 0.6 is 0 Å². The largest absolute Gasteiger partial charge is 0.480 e. The van der Waals surface area contributed by atoms with E-state index in [1.165, 1.54) is 7.11 Å². The summed E-state index contributed by atoms with van der Waals surface area (Å²) in [6.45, 7) is 3.84. The average Bonchev–Trinajstić information content (AvgIpc) is 2.89. The summed E-state index contributed by atoms with van der Waals surface area (Å²) in [6, 6.07) is 20.7. The van der Waals surface area contributed by atoms with E-state index >= 15 is 0 Å². The Morgan fingerprint density at radius 2 is 1.85 bits per heavy atom. The highest BCUT2D eigenvalue weighted by molar-refractivity contribution is 6.07. The van der Waals surface area contributed by atoms with E-state index in [9.17, 15) is 15.3 Å². The highest BCUT2D eigenvalue weighted by Gasteiger charge is 2.22. The number of methoxy groups -OCH3 is 1. The Morgan fingerprint density at radius 3 is 2.59 bits per heavy atom. The number of nitriles is 2. The van der Waals surface area contributed by atoms with Gasteiger partial charge in [-0.05, 0) is 42.0 Å². The number of benzene rings is 2. The number of hydrogen-bond donors (Lipinski definition) is 1. The fourth-order valence-corrected chi connectivity index (χ4v) is 4.05. The number of rotatable bonds is 6. The van der Waals surface area contributed by atoms with E-state index in [2.05, 4.69) is 32.2 Å². The van der Waals surface area contributed by atoms with E-state index in [0.29, 0.717) is 22.4 Å². The van der Waals surface area contributed by atoms with Gasteiger partial charge in [-0.25, -0.2) is 4.98 Å². The van der Waals surface area contributed by atoms with Crippen LogP contribution in [-0.4, -0.2) is 49.1 Å². The quantitative estimate of drug-likeness (QED) is 0.611. The van der Waals surface area contributed by atoms with Gasteiger partial charge in [0.25, 0.3) is 5.91 Å². The van der Waals surface area contributed by atoms with Gasteiger partial charge in [0, 0.05) is 38.9 Å². The molecule has 0 saturated carbocycles. The van der Waals surface area contributed by atoms with E-state index < -0.39 is 0 Å². The first-order valence-electron chi connectivity index (χ1n) is 10.9. The van der Waals surface area contributed by atoms with Crippen LogP contribution < -0.4 is 15.0 Å². The lowest BCUT2D eigenvalue weighted by Gasteiger charge is -2.37. The molecule has 2 aromatic carbocycles. The van der Waals surface area contributed by atoms with Gasteiger partial charge in [-0.2, -0.15) is 10.5 Å². The SMILES string of the molecule is COc1ncccc1C(=O)Nc1cc(C#N)ccc1N1CCN(Cc2ccccc2C#N)CC1. The van der Waals surface area contributed by atoms with Crippen LogP contribution in [0.5, 0.6) is 5.88 Å². The molecule has 2 heterocycles. The highest BCUT2D eigenvalue weighted by atomic mass is 16.5. The van der Waals surface area contributed by atoms with Crippen LogP contribution in [0.4, 0.5) is 11.4 Å². The molecule has 3 aromatic rings. The first-order valence-corrected chi connectivity index (χ1v) is 10.9. The predicted octanol–water partition coefficient (Wildman–Crippen LogP) is 3.41. The molecule has 34 heavy (non-hydrogen) atoms. The zero-order valence-electron chi connectivity index (χ0n) is 18.9. The maximum absolute atomic E-state index is 13.0. The van der Waals surface area contributed by atoms with Gasteiger partial charge in [-0.3, -0.25) is 9.69 Å². The Kier molecular flexibility index (Phi) is 7.02. The second kappa shape index (κ2) is 10.5. The molecule has 1 amide bonds. The molecule has 4 rings (SSSR count). The molecular weight excluding hydrogens is 428 g/mol. The highest BCUT2D eigenvalue weighted by Crippen LogP contribution is 2.29. The molecule has 170 valence electrons. The topological polar surface area (TPSA) is 105 Å². The fourth-order valence-electron chi connectivity index (χ4n) is 4.05. The second-order valence-corrected chi connectivity index (χ2v) is 7.89. The number of aromatic nitrogens is 1. The third-order valence-corrected chi connectivity index (χ3v) is 5.83. The Morgan fingerprint density at radius 1 is 1.06 bits per heavy atom. The molecule has 0 atom stereocenters. The maximum atomic E-state index is 13.0. The minimum absolute atomic E-state index is 0.240. The summed E-state index contributed by atoms with van der Waals surface area (Å²) in [7, 11) is 1.47. The van der Waals surface area contributed by atoms with Crippen LogP contribution in [0.3, 0.4) is 0 Å². The molecule has 1 aromatic heterocycles. The van der Waals surface area contributed by atoms with Crippen molar-refractivity contribution in [2.24, 2.45) is 0 Å². The molecule has 8 heteroatoms. The summed E-state index contributed by atoms with van der Waals surface area (Å²) >= 11 is 0. The second-order valence-electron chi connectivity index (χ2n) is 7.89. The lowest BCUT2D eigenvalue weighted by atomic mass is 10.1. The summed E-state index contributed by atoms with van der Waals surface area (Å²) < 4.78 is 5.21. The third-order valence-electron chi connectivity index (χ3n) is 5.83. The molecular formula is C26H24N6O2. The molecule has 8 nitrogen and oxygen atoms in total. The lowest BCUT2D eigenvalue weighted by Crippen LogP contribution is -2.46. The molecule has 0 bridgehead atoms. The normalized spacial score (nSPS) is 13.6. The number of nitrogens with one attached hydrogen (secondary N) is 1. The summed E-state index contributed by atoms with van der Waals surface area (Å²) in [6.07, 6.45) is 1.56. The molecule has 1 aliphatic rings. The molecule has 0 aliphatic carbocycles. The van der Waals surface area contributed by atoms with Gasteiger partial charge in [0.15, 0.2) is 0 Å². The summed E-state index contributed by atoms with van der Waals surface area (Å²) in [4.78, 5) is 21.6. The zero-order chi connectivity index (χ0) is 23.9. The van der Waals surface area contributed by atoms with Crippen LogP contribution in [0.2, 0.25) is 0 Å². The summed E-state index contributed by atoms with van der Waals surface area (Å²) in [5, 5.41) is 21.7. The summed E-state index contributed by atoms with van der Waals surface area (Å²) in [5.74, 6) is -0.114. The maximum Gasteiger partial charge on any atom is 0.261 e. The van der Waals surface area contributed by atoms with Crippen molar-refractivity contribution >= 4 is 17.3 Å². The van der Waals surface area contributed by atoms with Crippen LogP contribution in [0, 0.1) is 22.7 Å². The Labute approximate surface area is 198 Å². The molecule has 1 fully saturated rings. The summed E-state index contributed by atoms with van der Waals surface area (Å²) in [5.41, 5.74) is 3.93. The van der Waals surface area contributed by atoms with Crippen molar-refractivity contribution in [2.45, 2.75) is 6.54 Å². The van der Waals surface area contributed by atoms with E-state index in [-0.39, 0.29) is 11.8 Å². The zero-order valence-corrected chi connectivity index (χ0v) is 18.9. The average molecular weight is 453 g/mol. The van der Waals surface area contributed by atoms with Gasteiger partial charge in [0.2, 0.25) is 5.88 Å². The number of pyridine rings is 1. The molecule has 1 saturated heterocycles. The number of nitrogens with zero attached hydrogens (tertiary/aromatic N) is 5. The van der Waals surface area contributed by atoms with Crippen LogP contribution in [0.15, 0.2) is 60.8 Å². The van der Waals surface area contributed by atoms with E-state index in [1.54, 1.807) is 30.5 Å². The standard InChI is InChI=1S/C26H24N6O2/c1-34-26-22(7-4-10-29-26)25(33)30-23-15-19(16-27)8-9-24(23)32-13-11-31(12-14-32)18-21-6-3-2-5-20(21)17-28/h2-10,15H,11-14,18H2,1H3,(H,30,33). The van der Waals surface area contributed by atoms with Crippen LogP contribution in [-0.2, 0) is 6.54 Å². The van der Waals surface area contributed by atoms with Gasteiger partial charge in [-0.15, -0.1) is 0 Å². The van der Waals surface area contributed by atoms with Gasteiger partial charge >= 0.3 is 0 Å². The van der Waals surface area contributed by atoms with Crippen molar-refractivity contribution in [3.8, 4) is 18.0 Å². The van der Waals surface area contributed by atoms with Crippen LogP contribution in [0.25, 0.3) is 0 Å². The van der Waals surface area contributed by atoms with Crippen molar-refractivity contribution < 1.29 is 9.53 Å². The minimum Gasteiger partial charge on any atom is -0.480 e. The number of carbonyl (C=O) groups excluding carboxylic acids is 1. The Bertz CT molecular complexity index is 1270. The van der Waals surface area contributed by atoms with Crippen molar-refractivity contribution in [3.63, 3.8) is 0 Å². The monoisotopic (exact) mass is 452 g/mol. The molecule has 1 N–H and O–H groups in total. The number of ether oxygens (including phenoxy) is 1. The van der Waals surface area contributed by atoms with Gasteiger partial charge in [0.05, 0.1) is 41.7 Å². The van der Waals surface area contributed by atoms with Crippen molar-refractivity contribution in [3.05, 3.63) is 83.0 Å². The first-order chi connectivity index (χ1) is 16.6. The van der Waals surface area contributed by atoms with E-state index in [4.69, 9.17) is 4.74 Å². The van der Waals surface area contributed by atoms with Gasteiger partial charge in [-0.1, -0.05) is 18.2 Å². The van der Waals surface area contributed by atoms with Crippen molar-refractivity contribution in [2.75, 3.05) is 43.5 Å². The molecule has 0 unspecified atom stereocenters. The predicted molar refractivity (Wildman–Crippen MR) is 129 cm³/mol. The van der Waals surface area contributed by atoms with Crippen molar-refractivity contribution in [1.82, 2.24) is 9.88 Å². The smallest absolute Gasteiger partial charge is 0.261 e.